The number of piperazine rings is 1. The van der Waals surface area contributed by atoms with E-state index in [1.807, 2.05) is 23.2 Å². The highest BCUT2D eigenvalue weighted by molar-refractivity contribution is 5.91. The van der Waals surface area contributed by atoms with Crippen molar-refractivity contribution < 1.29 is 9.21 Å². The van der Waals surface area contributed by atoms with Gasteiger partial charge in [0.25, 0.3) is 5.91 Å². The molecule has 0 bridgehead atoms. The van der Waals surface area contributed by atoms with Gasteiger partial charge in [-0.2, -0.15) is 0 Å². The van der Waals surface area contributed by atoms with Crippen molar-refractivity contribution in [1.29, 1.82) is 0 Å². The summed E-state index contributed by atoms with van der Waals surface area (Å²) < 4.78 is 5.22. The monoisotopic (exact) mass is 377 g/mol. The summed E-state index contributed by atoms with van der Waals surface area (Å²) in [6.07, 6.45) is 3.34. The first kappa shape index (κ1) is 18.0. The van der Waals surface area contributed by atoms with E-state index in [0.717, 1.165) is 35.5 Å². The molecular weight excluding hydrogens is 354 g/mol. The van der Waals surface area contributed by atoms with Crippen LogP contribution in [0.2, 0.25) is 0 Å². The molecule has 4 rings (SSSR count). The molecule has 3 aromatic rings. The van der Waals surface area contributed by atoms with Crippen LogP contribution in [0.15, 0.2) is 64.3 Å². The molecule has 1 fully saturated rings. The van der Waals surface area contributed by atoms with E-state index in [-0.39, 0.29) is 5.91 Å². The van der Waals surface area contributed by atoms with Gasteiger partial charge < -0.3 is 19.5 Å². The minimum Gasteiger partial charge on any atom is -0.459 e. The summed E-state index contributed by atoms with van der Waals surface area (Å²) in [5.74, 6) is 1.16. The molecule has 0 spiro atoms. The van der Waals surface area contributed by atoms with Gasteiger partial charge in [-0.1, -0.05) is 24.3 Å². The maximum atomic E-state index is 12.4. The summed E-state index contributed by atoms with van der Waals surface area (Å²) >= 11 is 0. The van der Waals surface area contributed by atoms with Gasteiger partial charge in [-0.05, 0) is 23.8 Å². The number of rotatable bonds is 3. The third-order valence-corrected chi connectivity index (χ3v) is 4.96. The van der Waals surface area contributed by atoms with Crippen LogP contribution in [0, 0.1) is 0 Å². The van der Waals surface area contributed by atoms with E-state index in [4.69, 9.17) is 4.42 Å². The molecule has 0 radical (unpaired) electrons. The zero-order chi connectivity index (χ0) is 19.3. The first-order chi connectivity index (χ1) is 13.8. The maximum Gasteiger partial charge on any atom is 0.289 e. The number of carbonyl (C=O) groups is 1. The highest BCUT2D eigenvalue weighted by atomic mass is 16.3. The third kappa shape index (κ3) is 3.69. The molecule has 0 atom stereocenters. The van der Waals surface area contributed by atoms with E-state index in [9.17, 15) is 4.79 Å². The van der Waals surface area contributed by atoms with Crippen molar-refractivity contribution in [3.05, 3.63) is 66.2 Å². The number of fused-ring (bicyclic) bond motifs is 1. The number of pyridine rings is 1. The Kier molecular flexibility index (Phi) is 5.23. The Morgan fingerprint density at radius 1 is 1.11 bits per heavy atom. The Bertz CT molecular complexity index is 970. The van der Waals surface area contributed by atoms with Crippen LogP contribution in [0.1, 0.15) is 16.1 Å². The van der Waals surface area contributed by atoms with Gasteiger partial charge in [-0.3, -0.25) is 14.8 Å². The standard InChI is InChI=1S/C21H23N5O2/c1-22-21(24-15-17-6-2-5-16-7-3-9-23-19(16)17)26-12-10-25(11-13-26)20(27)18-8-4-14-28-18/h2-9,14H,10-13,15H2,1H3,(H,22,24). The Hall–Kier alpha value is -3.35. The van der Waals surface area contributed by atoms with Crippen LogP contribution in [0.5, 0.6) is 0 Å². The van der Waals surface area contributed by atoms with Crippen LogP contribution in [-0.4, -0.2) is 59.9 Å². The molecule has 1 saturated heterocycles. The number of guanidine groups is 1. The molecule has 0 aliphatic carbocycles. The predicted molar refractivity (Wildman–Crippen MR) is 108 cm³/mol. The molecule has 3 heterocycles. The highest BCUT2D eigenvalue weighted by Crippen LogP contribution is 2.16. The molecule has 28 heavy (non-hydrogen) atoms. The summed E-state index contributed by atoms with van der Waals surface area (Å²) in [7, 11) is 1.78. The molecule has 7 heteroatoms. The van der Waals surface area contributed by atoms with E-state index >= 15 is 0 Å². The van der Waals surface area contributed by atoms with Gasteiger partial charge in [0, 0.05) is 51.4 Å². The Balaban J connectivity index is 1.37. The minimum atomic E-state index is -0.0607. The van der Waals surface area contributed by atoms with Crippen LogP contribution in [0.4, 0.5) is 0 Å². The quantitative estimate of drug-likeness (QED) is 0.560. The SMILES string of the molecule is CN=C(NCc1cccc2cccnc12)N1CCN(C(=O)c2ccco2)CC1. The van der Waals surface area contributed by atoms with Gasteiger partial charge in [0.2, 0.25) is 0 Å². The lowest BCUT2D eigenvalue weighted by molar-refractivity contribution is 0.0657. The Labute approximate surface area is 163 Å². The Morgan fingerprint density at radius 2 is 1.89 bits per heavy atom. The number of nitrogens with zero attached hydrogens (tertiary/aromatic N) is 4. The summed E-state index contributed by atoms with van der Waals surface area (Å²) in [6, 6.07) is 13.6. The van der Waals surface area contributed by atoms with Crippen LogP contribution in [-0.2, 0) is 6.54 Å². The maximum absolute atomic E-state index is 12.4. The number of benzene rings is 1. The van der Waals surface area contributed by atoms with Crippen molar-refractivity contribution in [2.45, 2.75) is 6.54 Å². The van der Waals surface area contributed by atoms with Crippen LogP contribution < -0.4 is 5.32 Å². The molecular formula is C21H23N5O2. The number of aromatic nitrogens is 1. The van der Waals surface area contributed by atoms with Gasteiger partial charge in [0.15, 0.2) is 11.7 Å². The van der Waals surface area contributed by atoms with Crippen LogP contribution in [0.25, 0.3) is 10.9 Å². The second kappa shape index (κ2) is 8.12. The van der Waals surface area contributed by atoms with Crippen LogP contribution >= 0.6 is 0 Å². The summed E-state index contributed by atoms with van der Waals surface area (Å²) in [5.41, 5.74) is 2.13. The second-order valence-electron chi connectivity index (χ2n) is 6.65. The lowest BCUT2D eigenvalue weighted by Gasteiger charge is -2.36. The first-order valence-electron chi connectivity index (χ1n) is 9.37. The molecule has 144 valence electrons. The van der Waals surface area contributed by atoms with Crippen molar-refractivity contribution in [3.8, 4) is 0 Å². The number of amides is 1. The van der Waals surface area contributed by atoms with E-state index in [1.165, 1.54) is 6.26 Å². The van der Waals surface area contributed by atoms with Crippen molar-refractivity contribution in [2.24, 2.45) is 4.99 Å². The van der Waals surface area contributed by atoms with Gasteiger partial charge in [-0.15, -0.1) is 0 Å². The second-order valence-corrected chi connectivity index (χ2v) is 6.65. The summed E-state index contributed by atoms with van der Waals surface area (Å²) in [5, 5.41) is 4.56. The third-order valence-electron chi connectivity index (χ3n) is 4.96. The fraction of sp³-hybridized carbons (Fsp3) is 0.286. The van der Waals surface area contributed by atoms with Gasteiger partial charge >= 0.3 is 0 Å². The average molecular weight is 377 g/mol. The molecule has 1 amide bonds. The van der Waals surface area contributed by atoms with E-state index in [0.29, 0.717) is 25.4 Å². The summed E-state index contributed by atoms with van der Waals surface area (Å²) in [6.45, 7) is 3.36. The van der Waals surface area contributed by atoms with Crippen molar-refractivity contribution >= 4 is 22.8 Å². The predicted octanol–water partition coefficient (Wildman–Crippen LogP) is 2.36. The number of para-hydroxylation sites is 1. The van der Waals surface area contributed by atoms with Crippen molar-refractivity contribution in [1.82, 2.24) is 20.1 Å². The largest absolute Gasteiger partial charge is 0.459 e. The molecule has 1 N–H and O–H groups in total. The number of hydrogen-bond donors (Lipinski definition) is 1. The van der Waals surface area contributed by atoms with E-state index in [1.54, 1.807) is 19.2 Å². The molecule has 0 unspecified atom stereocenters. The first-order valence-corrected chi connectivity index (χ1v) is 9.37. The molecule has 1 aliphatic heterocycles. The normalized spacial score (nSPS) is 15.1. The fourth-order valence-electron chi connectivity index (χ4n) is 3.49. The van der Waals surface area contributed by atoms with E-state index in [2.05, 4.69) is 38.4 Å². The lowest BCUT2D eigenvalue weighted by Crippen LogP contribution is -2.53. The lowest BCUT2D eigenvalue weighted by atomic mass is 10.1. The van der Waals surface area contributed by atoms with Crippen molar-refractivity contribution in [3.63, 3.8) is 0 Å². The molecule has 0 saturated carbocycles. The average Bonchev–Trinajstić information content (AvgIpc) is 3.29. The molecule has 1 aromatic carbocycles. The number of carbonyl (C=O) groups excluding carboxylic acids is 1. The van der Waals surface area contributed by atoms with Gasteiger partial charge in [0.1, 0.15) is 0 Å². The zero-order valence-corrected chi connectivity index (χ0v) is 15.8. The molecule has 7 nitrogen and oxygen atoms in total. The number of aliphatic imine (C=N–C) groups is 1. The molecule has 1 aliphatic rings. The van der Waals surface area contributed by atoms with Crippen LogP contribution in [0.3, 0.4) is 0 Å². The zero-order valence-electron chi connectivity index (χ0n) is 15.8. The smallest absolute Gasteiger partial charge is 0.289 e. The van der Waals surface area contributed by atoms with E-state index < -0.39 is 0 Å². The number of furan rings is 1. The number of hydrogen-bond acceptors (Lipinski definition) is 4. The molecule has 2 aromatic heterocycles. The Morgan fingerprint density at radius 3 is 2.64 bits per heavy atom. The van der Waals surface area contributed by atoms with Gasteiger partial charge in [0.05, 0.1) is 11.8 Å². The van der Waals surface area contributed by atoms with Gasteiger partial charge in [-0.25, -0.2) is 0 Å². The highest BCUT2D eigenvalue weighted by Gasteiger charge is 2.25. The topological polar surface area (TPSA) is 74.0 Å². The minimum absolute atomic E-state index is 0.0607. The fourth-order valence-corrected chi connectivity index (χ4v) is 3.49. The summed E-state index contributed by atoms with van der Waals surface area (Å²) in [4.78, 5) is 25.3. The number of nitrogens with one attached hydrogen (secondary N) is 1. The van der Waals surface area contributed by atoms with Crippen molar-refractivity contribution in [2.75, 3.05) is 33.2 Å².